The van der Waals surface area contributed by atoms with Gasteiger partial charge < -0.3 is 10.2 Å². The molecule has 2 N–H and O–H groups in total. The highest BCUT2D eigenvalue weighted by atomic mass is 35.5. The van der Waals surface area contributed by atoms with Crippen LogP contribution in [0.25, 0.3) is 17.0 Å². The predicted molar refractivity (Wildman–Crippen MR) is 167 cm³/mol. The number of nitro groups is 1. The number of anilines is 2. The van der Waals surface area contributed by atoms with Gasteiger partial charge in [0.2, 0.25) is 0 Å². The van der Waals surface area contributed by atoms with Crippen molar-refractivity contribution in [2.45, 2.75) is 19.3 Å². The quantitative estimate of drug-likeness (QED) is 0.0751. The van der Waals surface area contributed by atoms with Gasteiger partial charge in [-0.2, -0.15) is 0 Å². The lowest BCUT2D eigenvalue weighted by Crippen LogP contribution is -2.14. The zero-order chi connectivity index (χ0) is 29.1. The Balaban J connectivity index is 1.03. The van der Waals surface area contributed by atoms with Gasteiger partial charge in [0.1, 0.15) is 12.1 Å². The first-order valence-electron chi connectivity index (χ1n) is 13.5. The molecule has 0 spiro atoms. The molecule has 0 bridgehead atoms. The van der Waals surface area contributed by atoms with E-state index in [0.29, 0.717) is 16.5 Å². The Morgan fingerprint density at radius 2 is 1.81 bits per heavy atom. The van der Waals surface area contributed by atoms with E-state index in [0.717, 1.165) is 60.1 Å². The maximum atomic E-state index is 10.8. The van der Waals surface area contributed by atoms with E-state index in [4.69, 9.17) is 11.6 Å². The van der Waals surface area contributed by atoms with Crippen molar-refractivity contribution in [1.82, 2.24) is 20.3 Å². The smallest absolute Gasteiger partial charge is 0.269 e. The Morgan fingerprint density at radius 3 is 2.60 bits per heavy atom. The zero-order valence-electron chi connectivity index (χ0n) is 22.7. The van der Waals surface area contributed by atoms with Crippen LogP contribution in [-0.2, 0) is 0 Å². The molecule has 0 saturated carbocycles. The molecule has 0 radical (unpaired) electrons. The van der Waals surface area contributed by atoms with Gasteiger partial charge in [-0.3, -0.25) is 15.5 Å². The van der Waals surface area contributed by atoms with Crippen molar-refractivity contribution < 1.29 is 4.92 Å². The van der Waals surface area contributed by atoms with E-state index in [1.807, 2.05) is 73.1 Å². The molecule has 5 rings (SSSR count). The summed E-state index contributed by atoms with van der Waals surface area (Å²) >= 11 is 6.11. The summed E-state index contributed by atoms with van der Waals surface area (Å²) in [4.78, 5) is 21.3. The second-order valence-electron chi connectivity index (χ2n) is 9.59. The van der Waals surface area contributed by atoms with Crippen LogP contribution >= 0.6 is 11.6 Å². The Kier molecular flexibility index (Phi) is 9.48. The lowest BCUT2D eigenvalue weighted by molar-refractivity contribution is -0.384. The van der Waals surface area contributed by atoms with Gasteiger partial charge in [-0.25, -0.2) is 9.97 Å². The number of fused-ring (bicyclic) bond motifs is 1. The molecule has 3 aromatic carbocycles. The van der Waals surface area contributed by atoms with Crippen LogP contribution in [-0.4, -0.2) is 32.9 Å². The van der Waals surface area contributed by atoms with Crippen LogP contribution < -0.4 is 10.7 Å². The van der Waals surface area contributed by atoms with Crippen LogP contribution in [0.5, 0.6) is 0 Å². The molecule has 2 heterocycles. The largest absolute Gasteiger partial charge is 0.354 e. The molecule has 0 amide bonds. The van der Waals surface area contributed by atoms with E-state index in [-0.39, 0.29) is 5.69 Å². The molecule has 0 saturated heterocycles. The van der Waals surface area contributed by atoms with Crippen molar-refractivity contribution in [2.75, 3.05) is 18.4 Å². The molecule has 0 unspecified atom stereocenters. The molecular formula is C31H29ClN8O2. The number of benzene rings is 3. The van der Waals surface area contributed by atoms with Crippen LogP contribution in [0, 0.1) is 10.1 Å². The summed E-state index contributed by atoms with van der Waals surface area (Å²) in [7, 11) is 0. The average molecular weight is 581 g/mol. The maximum Gasteiger partial charge on any atom is 0.269 e. The van der Waals surface area contributed by atoms with Gasteiger partial charge in [0.15, 0.2) is 0 Å². The fraction of sp³-hybridized carbons (Fsp3) is 0.161. The molecule has 0 fully saturated rings. The van der Waals surface area contributed by atoms with Crippen molar-refractivity contribution >= 4 is 51.5 Å². The molecule has 1 aliphatic heterocycles. The minimum absolute atomic E-state index is 0.0921. The molecule has 1 aromatic heterocycles. The molecular weight excluding hydrogens is 552 g/mol. The van der Waals surface area contributed by atoms with E-state index in [1.165, 1.54) is 18.5 Å². The van der Waals surface area contributed by atoms with Gasteiger partial charge >= 0.3 is 0 Å². The van der Waals surface area contributed by atoms with E-state index in [2.05, 4.69) is 35.9 Å². The minimum Gasteiger partial charge on any atom is -0.354 e. The summed E-state index contributed by atoms with van der Waals surface area (Å²) in [6.45, 7) is 1.65. The Bertz CT molecular complexity index is 1650. The standard InChI is InChI=1S/C31H29ClN8O2/c32-25-5-4-6-26(20-25)36-31-29-21-27(9-12-30(29)33-22-34-31)37-38-35-15-2-1-3-16-39-17-13-24(14-18-39)19-23-7-10-28(11-8-23)40(41)42/h4-14,17-22H,1-3,15-16H2,(H,35,37)(H,33,34,36). The maximum absolute atomic E-state index is 10.8. The van der Waals surface area contributed by atoms with Crippen molar-refractivity contribution in [1.29, 1.82) is 0 Å². The second kappa shape index (κ2) is 14.0. The summed E-state index contributed by atoms with van der Waals surface area (Å²) in [6, 6.07) is 19.7. The number of hydrogen-bond acceptors (Lipinski definition) is 8. The molecule has 1 aliphatic rings. The van der Waals surface area contributed by atoms with Crippen LogP contribution in [0.3, 0.4) is 0 Å². The predicted octanol–water partition coefficient (Wildman–Crippen LogP) is 8.12. The van der Waals surface area contributed by atoms with Crippen molar-refractivity contribution in [3.05, 3.63) is 124 Å². The first-order chi connectivity index (χ1) is 20.5. The van der Waals surface area contributed by atoms with Crippen molar-refractivity contribution in [2.24, 2.45) is 10.3 Å². The summed E-state index contributed by atoms with van der Waals surface area (Å²) in [5.41, 5.74) is 7.43. The third kappa shape index (κ3) is 7.98. The average Bonchev–Trinajstić information content (AvgIpc) is 3.00. The molecule has 0 aliphatic carbocycles. The topological polar surface area (TPSA) is 121 Å². The number of allylic oxidation sites excluding steroid dienone is 3. The molecule has 42 heavy (non-hydrogen) atoms. The number of rotatable bonds is 12. The lowest BCUT2D eigenvalue weighted by Gasteiger charge is -2.18. The Hall–Kier alpha value is -5.09. The summed E-state index contributed by atoms with van der Waals surface area (Å²) < 4.78 is 0. The number of nitrogens with zero attached hydrogens (tertiary/aromatic N) is 6. The first-order valence-corrected chi connectivity index (χ1v) is 13.9. The molecule has 0 atom stereocenters. The number of non-ortho nitro benzene ring substituents is 1. The van der Waals surface area contributed by atoms with E-state index in [1.54, 1.807) is 12.1 Å². The lowest BCUT2D eigenvalue weighted by atomic mass is 10.1. The Morgan fingerprint density at radius 1 is 0.976 bits per heavy atom. The highest BCUT2D eigenvalue weighted by Crippen LogP contribution is 2.28. The number of halogens is 1. The van der Waals surface area contributed by atoms with Crippen LogP contribution in [0.1, 0.15) is 24.8 Å². The van der Waals surface area contributed by atoms with Gasteiger partial charge in [-0.1, -0.05) is 22.9 Å². The zero-order valence-corrected chi connectivity index (χ0v) is 23.5. The molecule has 10 nitrogen and oxygen atoms in total. The number of nitrogens with one attached hydrogen (secondary N) is 2. The number of unbranched alkanes of at least 4 members (excludes halogenated alkanes) is 2. The third-order valence-corrected chi connectivity index (χ3v) is 6.74. The monoisotopic (exact) mass is 580 g/mol. The van der Waals surface area contributed by atoms with Gasteiger partial charge in [-0.05, 0) is 97.2 Å². The molecule has 11 heteroatoms. The van der Waals surface area contributed by atoms with E-state index in [9.17, 15) is 10.1 Å². The van der Waals surface area contributed by atoms with Crippen molar-refractivity contribution in [3.63, 3.8) is 0 Å². The summed E-state index contributed by atoms with van der Waals surface area (Å²) in [6.07, 6.45) is 14.8. The van der Waals surface area contributed by atoms with E-state index >= 15 is 0 Å². The SMILES string of the molecule is O=[N+]([O-])c1ccc(C=C2C=CN(CCCCCN/N=N/c3ccc4ncnc(Nc5cccc(Cl)c5)c4c3)C=C2)cc1. The number of nitro benzene ring substituents is 1. The fourth-order valence-electron chi connectivity index (χ4n) is 4.33. The Labute approximate surface area is 248 Å². The normalized spacial score (nSPS) is 12.7. The second-order valence-corrected chi connectivity index (χ2v) is 10.0. The number of hydrogen-bond donors (Lipinski definition) is 2. The van der Waals surface area contributed by atoms with Crippen molar-refractivity contribution in [3.8, 4) is 0 Å². The van der Waals surface area contributed by atoms with Crippen LogP contribution in [0.15, 0.2) is 114 Å². The third-order valence-electron chi connectivity index (χ3n) is 6.50. The van der Waals surface area contributed by atoms with Gasteiger partial charge in [0.25, 0.3) is 5.69 Å². The summed E-state index contributed by atoms with van der Waals surface area (Å²) in [5.74, 6) is 0.669. The molecule has 212 valence electrons. The van der Waals surface area contributed by atoms with Crippen LogP contribution in [0.4, 0.5) is 22.9 Å². The van der Waals surface area contributed by atoms with Gasteiger partial charge in [0.05, 0.1) is 16.1 Å². The van der Waals surface area contributed by atoms with Gasteiger partial charge in [-0.15, -0.1) is 5.11 Å². The van der Waals surface area contributed by atoms with Gasteiger partial charge in [0, 0.05) is 53.7 Å². The molecule has 4 aromatic rings. The highest BCUT2D eigenvalue weighted by molar-refractivity contribution is 6.30. The van der Waals surface area contributed by atoms with Crippen LogP contribution in [0.2, 0.25) is 5.02 Å². The highest BCUT2D eigenvalue weighted by Gasteiger charge is 2.07. The first kappa shape index (κ1) is 28.4. The fourth-order valence-corrected chi connectivity index (χ4v) is 4.52. The minimum atomic E-state index is -0.393. The number of aromatic nitrogens is 2. The van der Waals surface area contributed by atoms with E-state index < -0.39 is 4.92 Å². The summed E-state index contributed by atoms with van der Waals surface area (Å²) in [5, 5.41) is 24.0.